The van der Waals surface area contributed by atoms with Crippen LogP contribution >= 0.6 is 22.9 Å². The van der Waals surface area contributed by atoms with Gasteiger partial charge in [-0.3, -0.25) is 0 Å². The van der Waals surface area contributed by atoms with Crippen LogP contribution in [0.5, 0.6) is 0 Å². The van der Waals surface area contributed by atoms with Gasteiger partial charge in [0.2, 0.25) is 0 Å². The van der Waals surface area contributed by atoms with Gasteiger partial charge in [0.15, 0.2) is 0 Å². The molecular weight excluding hydrogens is 214 g/mol. The van der Waals surface area contributed by atoms with Gasteiger partial charge in [-0.1, -0.05) is 6.92 Å². The summed E-state index contributed by atoms with van der Waals surface area (Å²) >= 11 is 7.96. The van der Waals surface area contributed by atoms with Gasteiger partial charge in [0.05, 0.1) is 10.7 Å². The Morgan fingerprint density at radius 1 is 1.50 bits per heavy atom. The molecule has 3 heteroatoms. The first kappa shape index (κ1) is 10.4. The first-order valence-corrected chi connectivity index (χ1v) is 6.54. The van der Waals surface area contributed by atoms with E-state index in [-0.39, 0.29) is 0 Å². The van der Waals surface area contributed by atoms with Crippen molar-refractivity contribution in [3.05, 3.63) is 16.1 Å². The van der Waals surface area contributed by atoms with Crippen LogP contribution in [0.1, 0.15) is 42.8 Å². The standard InChI is InChI=1S/C11H16ClNS/c1-7-3-4-9(12)5-10(7)11-6-14-8(2)13-11/h6-7,9-10H,3-5H2,1-2H3. The number of alkyl halides is 1. The van der Waals surface area contributed by atoms with E-state index in [2.05, 4.69) is 24.2 Å². The highest BCUT2D eigenvalue weighted by atomic mass is 35.5. The molecule has 1 fully saturated rings. The molecule has 0 amide bonds. The van der Waals surface area contributed by atoms with Crippen LogP contribution in [0.2, 0.25) is 0 Å². The Bertz CT molecular complexity index is 310. The average Bonchev–Trinajstić information content (AvgIpc) is 2.56. The second-order valence-corrected chi connectivity index (χ2v) is 5.96. The average molecular weight is 230 g/mol. The molecule has 3 unspecified atom stereocenters. The highest BCUT2D eigenvalue weighted by Crippen LogP contribution is 2.39. The number of aryl methyl sites for hydroxylation is 1. The zero-order valence-corrected chi connectivity index (χ0v) is 10.2. The Hall–Kier alpha value is -0.0800. The summed E-state index contributed by atoms with van der Waals surface area (Å²) < 4.78 is 0. The third-order valence-corrected chi connectivity index (χ3v) is 4.34. The quantitative estimate of drug-likeness (QED) is 0.665. The van der Waals surface area contributed by atoms with E-state index in [1.54, 1.807) is 11.3 Å². The lowest BCUT2D eigenvalue weighted by Crippen LogP contribution is -2.21. The normalized spacial score (nSPS) is 33.2. The lowest BCUT2D eigenvalue weighted by atomic mass is 9.79. The Balaban J connectivity index is 2.15. The molecule has 0 radical (unpaired) electrons. The summed E-state index contributed by atoms with van der Waals surface area (Å²) in [5, 5.41) is 3.73. The van der Waals surface area contributed by atoms with Gasteiger partial charge in [-0.25, -0.2) is 4.98 Å². The zero-order valence-electron chi connectivity index (χ0n) is 8.66. The van der Waals surface area contributed by atoms with Gasteiger partial charge in [0, 0.05) is 16.7 Å². The van der Waals surface area contributed by atoms with Gasteiger partial charge in [0.1, 0.15) is 0 Å². The molecule has 0 aromatic carbocycles. The maximum atomic E-state index is 6.21. The van der Waals surface area contributed by atoms with Crippen LogP contribution in [0, 0.1) is 12.8 Å². The van der Waals surface area contributed by atoms with Crippen LogP contribution in [0.15, 0.2) is 5.38 Å². The fourth-order valence-electron chi connectivity index (χ4n) is 2.23. The number of aromatic nitrogens is 1. The van der Waals surface area contributed by atoms with E-state index >= 15 is 0 Å². The zero-order chi connectivity index (χ0) is 10.1. The van der Waals surface area contributed by atoms with Crippen LogP contribution in [0.4, 0.5) is 0 Å². The highest BCUT2D eigenvalue weighted by Gasteiger charge is 2.29. The van der Waals surface area contributed by atoms with E-state index in [1.165, 1.54) is 23.5 Å². The van der Waals surface area contributed by atoms with Crippen molar-refractivity contribution in [2.24, 2.45) is 5.92 Å². The molecule has 0 spiro atoms. The molecule has 3 atom stereocenters. The summed E-state index contributed by atoms with van der Waals surface area (Å²) in [5.41, 5.74) is 1.27. The van der Waals surface area contributed by atoms with Gasteiger partial charge in [-0.15, -0.1) is 22.9 Å². The number of rotatable bonds is 1. The van der Waals surface area contributed by atoms with E-state index in [1.807, 2.05) is 0 Å². The molecule has 1 aliphatic carbocycles. The SMILES string of the molecule is Cc1nc(C2CC(Cl)CCC2C)cs1. The van der Waals surface area contributed by atoms with Crippen molar-refractivity contribution < 1.29 is 0 Å². The maximum absolute atomic E-state index is 6.21. The summed E-state index contributed by atoms with van der Waals surface area (Å²) in [5.74, 6) is 1.34. The van der Waals surface area contributed by atoms with Crippen LogP contribution in [-0.4, -0.2) is 10.4 Å². The first-order valence-electron chi connectivity index (χ1n) is 5.23. The summed E-state index contributed by atoms with van der Waals surface area (Å²) in [6.45, 7) is 4.39. The molecule has 0 aliphatic heterocycles. The smallest absolute Gasteiger partial charge is 0.0897 e. The molecule has 0 N–H and O–H groups in total. The van der Waals surface area contributed by atoms with Crippen LogP contribution < -0.4 is 0 Å². The summed E-state index contributed by atoms with van der Waals surface area (Å²) in [7, 11) is 0. The third-order valence-electron chi connectivity index (χ3n) is 3.15. The lowest BCUT2D eigenvalue weighted by Gasteiger charge is -2.30. The number of nitrogens with zero attached hydrogens (tertiary/aromatic N) is 1. The molecule has 1 nitrogen and oxygen atoms in total. The van der Waals surface area contributed by atoms with Crippen molar-refractivity contribution in [1.29, 1.82) is 0 Å². The number of halogens is 1. The predicted octanol–water partition coefficient (Wildman–Crippen LogP) is 3.96. The summed E-state index contributed by atoms with van der Waals surface area (Å²) in [6.07, 6.45) is 3.52. The van der Waals surface area contributed by atoms with E-state index in [4.69, 9.17) is 11.6 Å². The number of thiazole rings is 1. The van der Waals surface area contributed by atoms with Gasteiger partial charge in [0.25, 0.3) is 0 Å². The Labute approximate surface area is 94.5 Å². The largest absolute Gasteiger partial charge is 0.246 e. The van der Waals surface area contributed by atoms with Crippen LogP contribution in [0.25, 0.3) is 0 Å². The Morgan fingerprint density at radius 2 is 2.29 bits per heavy atom. The molecule has 0 bridgehead atoms. The number of hydrogen-bond acceptors (Lipinski definition) is 2. The minimum absolute atomic E-state index is 0.359. The molecule has 1 saturated carbocycles. The molecule has 1 heterocycles. The van der Waals surface area contributed by atoms with Crippen molar-refractivity contribution in [3.8, 4) is 0 Å². The van der Waals surface area contributed by atoms with Gasteiger partial charge in [-0.2, -0.15) is 0 Å². The second kappa shape index (κ2) is 4.19. The second-order valence-electron chi connectivity index (χ2n) is 4.29. The molecule has 1 aromatic rings. The minimum atomic E-state index is 0.359. The monoisotopic (exact) mass is 229 g/mol. The predicted molar refractivity (Wildman–Crippen MR) is 62.2 cm³/mol. The van der Waals surface area contributed by atoms with Gasteiger partial charge >= 0.3 is 0 Å². The molecular formula is C11H16ClNS. The van der Waals surface area contributed by atoms with Crippen molar-refractivity contribution >= 4 is 22.9 Å². The molecule has 1 aliphatic rings. The van der Waals surface area contributed by atoms with Crippen LogP contribution in [0.3, 0.4) is 0 Å². The summed E-state index contributed by atoms with van der Waals surface area (Å²) in [6, 6.07) is 0. The Morgan fingerprint density at radius 3 is 2.93 bits per heavy atom. The molecule has 2 rings (SSSR count). The van der Waals surface area contributed by atoms with Crippen molar-refractivity contribution in [3.63, 3.8) is 0 Å². The third kappa shape index (κ3) is 2.12. The van der Waals surface area contributed by atoms with Crippen molar-refractivity contribution in [2.45, 2.75) is 44.4 Å². The molecule has 1 aromatic heterocycles. The fraction of sp³-hybridized carbons (Fsp3) is 0.727. The highest BCUT2D eigenvalue weighted by molar-refractivity contribution is 7.09. The molecule has 78 valence electrons. The van der Waals surface area contributed by atoms with Gasteiger partial charge in [-0.05, 0) is 32.1 Å². The van der Waals surface area contributed by atoms with E-state index in [0.717, 1.165) is 12.3 Å². The van der Waals surface area contributed by atoms with Crippen molar-refractivity contribution in [2.75, 3.05) is 0 Å². The fourth-order valence-corrected chi connectivity index (χ4v) is 3.23. The molecule has 0 saturated heterocycles. The maximum Gasteiger partial charge on any atom is 0.0897 e. The number of hydrogen-bond donors (Lipinski definition) is 0. The van der Waals surface area contributed by atoms with Gasteiger partial charge < -0.3 is 0 Å². The molecule has 14 heavy (non-hydrogen) atoms. The van der Waals surface area contributed by atoms with E-state index in [9.17, 15) is 0 Å². The van der Waals surface area contributed by atoms with Crippen molar-refractivity contribution in [1.82, 2.24) is 4.98 Å². The van der Waals surface area contributed by atoms with Crippen LogP contribution in [-0.2, 0) is 0 Å². The summed E-state index contributed by atoms with van der Waals surface area (Å²) in [4.78, 5) is 4.58. The minimum Gasteiger partial charge on any atom is -0.246 e. The lowest BCUT2D eigenvalue weighted by molar-refractivity contribution is 0.330. The van der Waals surface area contributed by atoms with E-state index in [0.29, 0.717) is 11.3 Å². The topological polar surface area (TPSA) is 12.9 Å². The van der Waals surface area contributed by atoms with E-state index < -0.39 is 0 Å². The first-order chi connectivity index (χ1) is 6.66. The Kier molecular flexibility index (Phi) is 3.13.